The van der Waals surface area contributed by atoms with Crippen molar-refractivity contribution in [1.82, 2.24) is 30.2 Å². The molecule has 3 heterocycles. The summed E-state index contributed by atoms with van der Waals surface area (Å²) in [5, 5.41) is 35.8. The molecule has 6 unspecified atom stereocenters. The van der Waals surface area contributed by atoms with Gasteiger partial charge in [-0.2, -0.15) is 4.31 Å². The van der Waals surface area contributed by atoms with Crippen molar-refractivity contribution in [1.29, 1.82) is 0 Å². The molecule has 318 valence electrons. The zero-order valence-corrected chi connectivity index (χ0v) is 33.9. The van der Waals surface area contributed by atoms with Gasteiger partial charge in [0.05, 0.1) is 31.6 Å². The fourth-order valence-electron chi connectivity index (χ4n) is 5.09. The van der Waals surface area contributed by atoms with Crippen molar-refractivity contribution in [3.05, 3.63) is 12.7 Å². The number of amides is 2. The van der Waals surface area contributed by atoms with Crippen LogP contribution in [0.15, 0.2) is 12.7 Å². The second-order valence-corrected chi connectivity index (χ2v) is 18.3. The van der Waals surface area contributed by atoms with Crippen molar-refractivity contribution in [2.75, 3.05) is 37.8 Å². The van der Waals surface area contributed by atoms with Crippen LogP contribution < -0.4 is 16.4 Å². The first kappa shape index (κ1) is 47.9. The average molecular weight is 882 g/mol. The highest BCUT2D eigenvalue weighted by Gasteiger charge is 2.50. The second kappa shape index (κ2) is 20.0. The van der Waals surface area contributed by atoms with Crippen LogP contribution in [0.4, 0.5) is 5.82 Å². The third kappa shape index (κ3) is 13.8. The van der Waals surface area contributed by atoms with Crippen molar-refractivity contribution >= 4 is 69.1 Å². The first-order valence-electron chi connectivity index (χ1n) is 16.6. The van der Waals surface area contributed by atoms with Gasteiger partial charge in [0.15, 0.2) is 22.8 Å². The van der Waals surface area contributed by atoms with E-state index in [0.29, 0.717) is 6.42 Å². The molecule has 9 atom stereocenters. The fraction of sp³-hybridized carbons (Fsp3) is 0.704. The summed E-state index contributed by atoms with van der Waals surface area (Å²) in [7, 11) is -16.4. The lowest BCUT2D eigenvalue weighted by atomic mass is 9.87. The van der Waals surface area contributed by atoms with Gasteiger partial charge in [0.2, 0.25) is 11.8 Å². The van der Waals surface area contributed by atoms with Gasteiger partial charge < -0.3 is 56.0 Å². The molecule has 0 aliphatic carbocycles. The smallest absolute Gasteiger partial charge is 0.393 e. The third-order valence-electron chi connectivity index (χ3n) is 8.07. The van der Waals surface area contributed by atoms with Gasteiger partial charge in [-0.05, 0) is 13.3 Å². The van der Waals surface area contributed by atoms with Crippen molar-refractivity contribution in [3.8, 4) is 0 Å². The summed E-state index contributed by atoms with van der Waals surface area (Å²) >= 11 is 0.971. The maximum Gasteiger partial charge on any atom is 0.481 e. The van der Waals surface area contributed by atoms with E-state index in [2.05, 4.69) is 34.4 Å². The predicted molar refractivity (Wildman–Crippen MR) is 193 cm³/mol. The summed E-state index contributed by atoms with van der Waals surface area (Å²) in [4.78, 5) is 87.7. The van der Waals surface area contributed by atoms with E-state index in [1.54, 1.807) is 6.92 Å². The molecule has 11 N–H and O–H groups in total. The Kier molecular flexibility index (Phi) is 17.1. The van der Waals surface area contributed by atoms with Crippen LogP contribution in [0.3, 0.4) is 0 Å². The zero-order chi connectivity index (χ0) is 42.2. The van der Waals surface area contributed by atoms with Gasteiger partial charge in [-0.3, -0.25) is 32.5 Å². The van der Waals surface area contributed by atoms with E-state index in [1.165, 1.54) is 20.8 Å². The number of hydrogen-bond acceptors (Lipinski definition) is 19. The highest BCUT2D eigenvalue weighted by Crippen LogP contribution is 2.61. The maximum absolute atomic E-state index is 12.7. The minimum atomic E-state index is -5.58. The number of nitrogens with two attached hydrogens (primary N) is 1. The molecule has 0 spiro atoms. The van der Waals surface area contributed by atoms with E-state index in [0.717, 1.165) is 29.0 Å². The SMILES string of the molecule is CCC(C(=O)SCCNC(=O)CCNC(=O)[C@H](O)C(C)(C)COP(=O)(O)OP(=O)(O)OC[C@H]1O[C@@H](n2cnc3c(N)ncnc32)C(O)C1OP(=O)(O)O)C(C)O. The van der Waals surface area contributed by atoms with Crippen molar-refractivity contribution in [3.63, 3.8) is 0 Å². The monoisotopic (exact) mass is 881 g/mol. The highest BCUT2D eigenvalue weighted by molar-refractivity contribution is 8.13. The molecule has 0 saturated carbocycles. The second-order valence-electron chi connectivity index (χ2n) is 13.0. The van der Waals surface area contributed by atoms with Gasteiger partial charge in [-0.15, -0.1) is 0 Å². The Morgan fingerprint density at radius 3 is 2.34 bits per heavy atom. The number of carbonyl (C=O) groups excluding carboxylic acids is 3. The third-order valence-corrected chi connectivity index (χ3v) is 12.2. The van der Waals surface area contributed by atoms with Gasteiger partial charge >= 0.3 is 23.5 Å². The number of aromatic nitrogens is 4. The molecule has 25 nitrogen and oxygen atoms in total. The van der Waals surface area contributed by atoms with Crippen LogP contribution in [0.1, 0.15) is 46.8 Å². The molecule has 0 bridgehead atoms. The summed E-state index contributed by atoms with van der Waals surface area (Å²) in [5.41, 5.74) is 4.23. The van der Waals surface area contributed by atoms with E-state index in [1.807, 2.05) is 0 Å². The molecule has 1 fully saturated rings. The Bertz CT molecular complexity index is 1830. The van der Waals surface area contributed by atoms with Gasteiger partial charge in [0.1, 0.15) is 36.3 Å². The number of imidazole rings is 1. The normalized spacial score (nSPS) is 22.8. The fourth-order valence-corrected chi connectivity index (χ4v) is 8.91. The number of aliphatic hydroxyl groups excluding tert-OH is 3. The molecule has 2 amide bonds. The molecule has 0 radical (unpaired) electrons. The van der Waals surface area contributed by atoms with Crippen molar-refractivity contribution in [2.24, 2.45) is 11.3 Å². The van der Waals surface area contributed by atoms with Crippen LogP contribution in [0, 0.1) is 11.3 Å². The number of thioether (sulfide) groups is 1. The molecule has 3 rings (SSSR count). The molecule has 2 aromatic heterocycles. The Morgan fingerprint density at radius 1 is 1.05 bits per heavy atom. The number of ether oxygens (including phenoxy) is 1. The molecule has 1 saturated heterocycles. The molecule has 56 heavy (non-hydrogen) atoms. The Labute approximate surface area is 323 Å². The first-order chi connectivity index (χ1) is 25.9. The minimum Gasteiger partial charge on any atom is -0.393 e. The molecule has 2 aromatic rings. The number of phosphoric ester groups is 3. The zero-order valence-electron chi connectivity index (χ0n) is 30.4. The number of rotatable bonds is 22. The number of aliphatic hydroxyl groups is 3. The van der Waals surface area contributed by atoms with Crippen molar-refractivity contribution < 1.29 is 85.6 Å². The minimum absolute atomic E-state index is 0.0259. The Morgan fingerprint density at radius 2 is 1.71 bits per heavy atom. The quantitative estimate of drug-likeness (QED) is 0.0504. The molecule has 0 aromatic carbocycles. The molecular formula is C27H46N7O18P3S. The number of fused-ring (bicyclic) bond motifs is 1. The first-order valence-corrected chi connectivity index (χ1v) is 22.1. The standard InChI is InChI=1S/C27H46N7O18P3S/c1-5-15(14(2)35)26(40)56-9-8-29-17(36)6-7-30-24(39)21(38)27(3,4)11-49-55(46,47)52-54(44,45)48-10-16-20(51-53(41,42)43)19(37)25(50-16)34-13-33-18-22(28)31-12-32-23(18)34/h12-16,19-21,25,35,37-38H,5-11H2,1-4H3,(H,29,36)(H,30,39)(H,44,45)(H,46,47)(H2,28,31,32)(H2,41,42,43)/t14?,15?,16-,19?,20?,21+,25-/m1/s1. The van der Waals surface area contributed by atoms with E-state index in [9.17, 15) is 63.0 Å². The van der Waals surface area contributed by atoms with Crippen LogP contribution in [0.5, 0.6) is 0 Å². The lowest BCUT2D eigenvalue weighted by Crippen LogP contribution is -2.46. The van der Waals surface area contributed by atoms with Crippen molar-refractivity contribution in [2.45, 2.75) is 77.3 Å². The van der Waals surface area contributed by atoms with Crippen LogP contribution >= 0.6 is 35.2 Å². The van der Waals surface area contributed by atoms with Gasteiger partial charge in [0, 0.05) is 30.7 Å². The van der Waals surface area contributed by atoms with Crippen LogP contribution in [-0.4, -0.2) is 134 Å². The van der Waals surface area contributed by atoms with E-state index in [4.69, 9.17) is 19.5 Å². The molecule has 1 aliphatic heterocycles. The van der Waals surface area contributed by atoms with Crippen LogP contribution in [-0.2, 0) is 50.7 Å². The predicted octanol–water partition coefficient (Wildman–Crippen LogP) is -0.928. The number of nitrogens with one attached hydrogen (secondary N) is 2. The summed E-state index contributed by atoms with van der Waals surface area (Å²) in [6.07, 6.45) is -7.32. The number of carbonyl (C=O) groups is 3. The lowest BCUT2D eigenvalue weighted by Gasteiger charge is -2.30. The van der Waals surface area contributed by atoms with Gasteiger partial charge in [-0.25, -0.2) is 28.6 Å². The highest BCUT2D eigenvalue weighted by atomic mass is 32.2. The number of nitrogens with zero attached hydrogens (tertiary/aromatic N) is 4. The molecular weight excluding hydrogens is 835 g/mol. The van der Waals surface area contributed by atoms with Crippen LogP contribution in [0.25, 0.3) is 11.2 Å². The van der Waals surface area contributed by atoms with E-state index < -0.39 is 96.6 Å². The maximum atomic E-state index is 12.7. The lowest BCUT2D eigenvalue weighted by molar-refractivity contribution is -0.137. The number of anilines is 1. The topological polar surface area (TPSA) is 384 Å². The summed E-state index contributed by atoms with van der Waals surface area (Å²) in [6.45, 7) is 3.66. The molecule has 29 heteroatoms. The Balaban J connectivity index is 1.49. The average Bonchev–Trinajstić information content (AvgIpc) is 3.64. The van der Waals surface area contributed by atoms with E-state index in [-0.39, 0.29) is 47.4 Å². The summed E-state index contributed by atoms with van der Waals surface area (Å²) < 4.78 is 62.0. The number of hydrogen-bond donors (Lipinski definition) is 10. The van der Waals surface area contributed by atoms with E-state index >= 15 is 0 Å². The van der Waals surface area contributed by atoms with Crippen LogP contribution in [0.2, 0.25) is 0 Å². The number of phosphoric acid groups is 3. The van der Waals surface area contributed by atoms with Gasteiger partial charge in [-0.1, -0.05) is 32.5 Å². The molecule has 1 aliphatic rings. The van der Waals surface area contributed by atoms with Gasteiger partial charge in [0.25, 0.3) is 0 Å². The largest absolute Gasteiger partial charge is 0.481 e. The summed E-state index contributed by atoms with van der Waals surface area (Å²) in [5.74, 6) is -1.78. The summed E-state index contributed by atoms with van der Waals surface area (Å²) in [6, 6.07) is 0. The Hall–Kier alpha value is -2.48. The number of nitrogen functional groups attached to an aromatic ring is 1.